The van der Waals surface area contributed by atoms with Crippen molar-refractivity contribution in [2.24, 2.45) is 11.8 Å². The molecule has 1 aliphatic heterocycles. The highest BCUT2D eigenvalue weighted by atomic mass is 16.5. The van der Waals surface area contributed by atoms with E-state index < -0.39 is 0 Å². The van der Waals surface area contributed by atoms with E-state index in [2.05, 4.69) is 5.32 Å². The van der Waals surface area contributed by atoms with E-state index >= 15 is 0 Å². The highest BCUT2D eigenvalue weighted by molar-refractivity contribution is 5.94. The number of nitrogens with one attached hydrogen (secondary N) is 1. The van der Waals surface area contributed by atoms with Crippen LogP contribution in [0.25, 0.3) is 0 Å². The molecule has 1 aromatic rings. The Morgan fingerprint density at radius 3 is 2.44 bits per heavy atom. The highest BCUT2D eigenvalue weighted by Gasteiger charge is 2.23. The van der Waals surface area contributed by atoms with Gasteiger partial charge in [0.25, 0.3) is 5.91 Å². The van der Waals surface area contributed by atoms with Crippen LogP contribution in [0.15, 0.2) is 30.4 Å². The Kier molecular flexibility index (Phi) is 6.37. The Balaban J connectivity index is 1.44. The molecule has 2 amide bonds. The zero-order valence-corrected chi connectivity index (χ0v) is 16.1. The third kappa shape index (κ3) is 5.25. The number of rotatable bonds is 7. The minimum absolute atomic E-state index is 0.120. The van der Waals surface area contributed by atoms with Crippen LogP contribution in [0.5, 0.6) is 11.5 Å². The maximum atomic E-state index is 12.4. The molecule has 2 fully saturated rings. The molecular weight excluding hydrogens is 344 g/mol. The molecule has 6 heteroatoms. The fourth-order valence-electron chi connectivity index (χ4n) is 3.29. The van der Waals surface area contributed by atoms with Crippen LogP contribution in [-0.4, -0.2) is 50.6 Å². The summed E-state index contributed by atoms with van der Waals surface area (Å²) in [4.78, 5) is 26.5. The lowest BCUT2D eigenvalue weighted by Crippen LogP contribution is -2.41. The van der Waals surface area contributed by atoms with E-state index in [1.54, 1.807) is 38.5 Å². The average Bonchev–Trinajstić information content (AvgIpc) is 3.54. The molecule has 0 radical (unpaired) electrons. The number of ether oxygens (including phenoxy) is 2. The van der Waals surface area contributed by atoms with Crippen LogP contribution in [0, 0.1) is 11.8 Å². The molecule has 1 N–H and O–H groups in total. The van der Waals surface area contributed by atoms with Gasteiger partial charge in [-0.3, -0.25) is 9.59 Å². The molecule has 27 heavy (non-hydrogen) atoms. The number of carbonyl (C=O) groups is 2. The predicted molar refractivity (Wildman–Crippen MR) is 103 cm³/mol. The summed E-state index contributed by atoms with van der Waals surface area (Å²) in [6.45, 7) is 2.13. The van der Waals surface area contributed by atoms with Crippen LogP contribution in [0.1, 0.15) is 36.0 Å². The second kappa shape index (κ2) is 8.93. The maximum absolute atomic E-state index is 12.4. The zero-order valence-electron chi connectivity index (χ0n) is 16.1. The van der Waals surface area contributed by atoms with Crippen molar-refractivity contribution in [3.63, 3.8) is 0 Å². The summed E-state index contributed by atoms with van der Waals surface area (Å²) in [5.41, 5.74) is 0.547. The van der Waals surface area contributed by atoms with Crippen molar-refractivity contribution >= 4 is 11.8 Å². The molecule has 0 atom stereocenters. The van der Waals surface area contributed by atoms with E-state index in [1.165, 1.54) is 12.8 Å². The number of hydrogen-bond acceptors (Lipinski definition) is 4. The van der Waals surface area contributed by atoms with Crippen LogP contribution in [0.2, 0.25) is 0 Å². The molecule has 2 aliphatic rings. The summed E-state index contributed by atoms with van der Waals surface area (Å²) in [7, 11) is 3.12. The van der Waals surface area contributed by atoms with Gasteiger partial charge >= 0.3 is 0 Å². The van der Waals surface area contributed by atoms with E-state index in [4.69, 9.17) is 9.47 Å². The maximum Gasteiger partial charge on any atom is 0.251 e. The Labute approximate surface area is 160 Å². The smallest absolute Gasteiger partial charge is 0.251 e. The monoisotopic (exact) mass is 372 g/mol. The lowest BCUT2D eigenvalue weighted by atomic mass is 9.96. The first-order valence-corrected chi connectivity index (χ1v) is 9.58. The summed E-state index contributed by atoms with van der Waals surface area (Å²) in [6, 6.07) is 5.14. The van der Waals surface area contributed by atoms with Crippen LogP contribution in [-0.2, 0) is 4.79 Å². The van der Waals surface area contributed by atoms with E-state index in [0.717, 1.165) is 25.9 Å². The third-order valence-electron chi connectivity index (χ3n) is 5.26. The van der Waals surface area contributed by atoms with Crippen molar-refractivity contribution in [3.8, 4) is 11.5 Å². The Morgan fingerprint density at radius 2 is 1.81 bits per heavy atom. The van der Waals surface area contributed by atoms with Gasteiger partial charge in [-0.2, -0.15) is 0 Å². The SMILES string of the molecule is COc1ccc(C(=O)NCC2CCN(C(=O)/C=C/C3CC3)CC2)cc1OC. The van der Waals surface area contributed by atoms with Crippen LogP contribution >= 0.6 is 0 Å². The van der Waals surface area contributed by atoms with E-state index in [9.17, 15) is 9.59 Å². The lowest BCUT2D eigenvalue weighted by molar-refractivity contribution is -0.127. The molecule has 1 aromatic carbocycles. The number of hydrogen-bond donors (Lipinski definition) is 1. The van der Waals surface area contributed by atoms with Crippen molar-refractivity contribution in [2.45, 2.75) is 25.7 Å². The highest BCUT2D eigenvalue weighted by Crippen LogP contribution is 2.30. The summed E-state index contributed by atoms with van der Waals surface area (Å²) >= 11 is 0. The number of benzene rings is 1. The fourth-order valence-corrected chi connectivity index (χ4v) is 3.29. The molecule has 0 aromatic heterocycles. The molecular formula is C21H28N2O4. The Hall–Kier alpha value is -2.50. The molecule has 0 spiro atoms. The number of piperidine rings is 1. The topological polar surface area (TPSA) is 67.9 Å². The van der Waals surface area contributed by atoms with Gasteiger partial charge in [0.1, 0.15) is 0 Å². The Bertz CT molecular complexity index is 704. The molecule has 1 aliphatic carbocycles. The quantitative estimate of drug-likeness (QED) is 0.747. The number of nitrogens with zero attached hydrogens (tertiary/aromatic N) is 1. The first kappa shape index (κ1) is 19.3. The van der Waals surface area contributed by atoms with Crippen molar-refractivity contribution < 1.29 is 19.1 Å². The van der Waals surface area contributed by atoms with Gasteiger partial charge < -0.3 is 19.7 Å². The number of likely N-dealkylation sites (tertiary alicyclic amines) is 1. The molecule has 6 nitrogen and oxygen atoms in total. The number of amides is 2. The molecule has 3 rings (SSSR count). The van der Waals surface area contributed by atoms with Gasteiger partial charge in [0.2, 0.25) is 5.91 Å². The summed E-state index contributed by atoms with van der Waals surface area (Å²) in [5, 5.41) is 3.00. The summed E-state index contributed by atoms with van der Waals surface area (Å²) < 4.78 is 10.4. The van der Waals surface area contributed by atoms with Crippen molar-refractivity contribution in [3.05, 3.63) is 35.9 Å². The van der Waals surface area contributed by atoms with Gasteiger partial charge in [0, 0.05) is 25.2 Å². The van der Waals surface area contributed by atoms with Crippen molar-refractivity contribution in [2.75, 3.05) is 33.9 Å². The van der Waals surface area contributed by atoms with Crippen LogP contribution in [0.4, 0.5) is 0 Å². The van der Waals surface area contributed by atoms with Crippen molar-refractivity contribution in [1.82, 2.24) is 10.2 Å². The van der Waals surface area contributed by atoms with Gasteiger partial charge in [-0.25, -0.2) is 0 Å². The molecule has 0 unspecified atom stereocenters. The minimum Gasteiger partial charge on any atom is -0.493 e. The van der Waals surface area contributed by atoms with Gasteiger partial charge in [-0.05, 0) is 61.8 Å². The van der Waals surface area contributed by atoms with E-state index in [0.29, 0.717) is 35.4 Å². The van der Waals surface area contributed by atoms with E-state index in [-0.39, 0.29) is 11.8 Å². The number of allylic oxidation sites excluding steroid dienone is 1. The fraction of sp³-hybridized carbons (Fsp3) is 0.524. The number of methoxy groups -OCH3 is 2. The van der Waals surface area contributed by atoms with Crippen LogP contribution in [0.3, 0.4) is 0 Å². The number of carbonyl (C=O) groups excluding carboxylic acids is 2. The zero-order chi connectivity index (χ0) is 19.2. The first-order chi connectivity index (χ1) is 13.1. The largest absolute Gasteiger partial charge is 0.493 e. The van der Waals surface area contributed by atoms with Gasteiger partial charge in [0.05, 0.1) is 14.2 Å². The molecule has 1 saturated carbocycles. The lowest BCUT2D eigenvalue weighted by Gasteiger charge is -2.31. The van der Waals surface area contributed by atoms with Gasteiger partial charge in [0.15, 0.2) is 11.5 Å². The molecule has 146 valence electrons. The van der Waals surface area contributed by atoms with Crippen molar-refractivity contribution in [1.29, 1.82) is 0 Å². The standard InChI is InChI=1S/C21H28N2O4/c1-26-18-7-6-17(13-19(18)27-2)21(25)22-14-16-9-11-23(12-10-16)20(24)8-5-15-3-4-15/h5-8,13,15-16H,3-4,9-12,14H2,1-2H3,(H,22,25)/b8-5+. The molecule has 1 saturated heterocycles. The molecule has 1 heterocycles. The van der Waals surface area contributed by atoms with Crippen LogP contribution < -0.4 is 14.8 Å². The third-order valence-corrected chi connectivity index (χ3v) is 5.26. The van der Waals surface area contributed by atoms with Gasteiger partial charge in [-0.15, -0.1) is 0 Å². The first-order valence-electron chi connectivity index (χ1n) is 9.58. The Morgan fingerprint density at radius 1 is 1.11 bits per heavy atom. The predicted octanol–water partition coefficient (Wildman–Crippen LogP) is 2.64. The normalized spacial score (nSPS) is 17.8. The second-order valence-electron chi connectivity index (χ2n) is 7.24. The summed E-state index contributed by atoms with van der Waals surface area (Å²) in [6.07, 6.45) is 8.02. The second-order valence-corrected chi connectivity index (χ2v) is 7.24. The molecule has 0 bridgehead atoms. The summed E-state index contributed by atoms with van der Waals surface area (Å²) in [5.74, 6) is 2.15. The average molecular weight is 372 g/mol. The minimum atomic E-state index is -0.123. The van der Waals surface area contributed by atoms with Gasteiger partial charge in [-0.1, -0.05) is 6.08 Å². The van der Waals surface area contributed by atoms with E-state index in [1.807, 2.05) is 11.0 Å².